The van der Waals surface area contributed by atoms with Crippen molar-refractivity contribution in [3.05, 3.63) is 48.2 Å². The van der Waals surface area contributed by atoms with E-state index in [1.165, 1.54) is 24.3 Å². The lowest BCUT2D eigenvalue weighted by molar-refractivity contribution is -0.119. The van der Waals surface area contributed by atoms with E-state index in [1.54, 1.807) is 6.20 Å². The van der Waals surface area contributed by atoms with Crippen molar-refractivity contribution in [2.75, 3.05) is 6.61 Å². The van der Waals surface area contributed by atoms with Gasteiger partial charge < -0.3 is 15.2 Å². The molecule has 8 nitrogen and oxygen atoms in total. The second kappa shape index (κ2) is 9.23. The third-order valence-corrected chi connectivity index (χ3v) is 6.22. The summed E-state index contributed by atoms with van der Waals surface area (Å²) in [4.78, 5) is 15.1. The predicted octanol–water partition coefficient (Wildman–Crippen LogP) is 1.92. The molecule has 156 valence electrons. The van der Waals surface area contributed by atoms with Crippen molar-refractivity contribution in [3.63, 3.8) is 0 Å². The molecule has 1 aliphatic rings. The summed E-state index contributed by atoms with van der Waals surface area (Å²) < 4.78 is 39.0. The number of aromatic nitrogens is 1. The molecule has 1 fully saturated rings. The van der Waals surface area contributed by atoms with Crippen molar-refractivity contribution in [1.82, 2.24) is 9.71 Å². The van der Waals surface area contributed by atoms with Gasteiger partial charge in [-0.1, -0.05) is 6.07 Å². The fraction of sp³-hybridized carbons (Fsp3) is 0.400. The number of pyridine rings is 1. The lowest BCUT2D eigenvalue weighted by Gasteiger charge is -2.29. The number of sulfonamides is 1. The van der Waals surface area contributed by atoms with Crippen molar-refractivity contribution in [3.8, 4) is 11.6 Å². The maximum absolute atomic E-state index is 12.6. The maximum atomic E-state index is 12.6. The number of hydrogen-bond acceptors (Lipinski definition) is 6. The molecule has 0 unspecified atom stereocenters. The van der Waals surface area contributed by atoms with E-state index in [9.17, 15) is 13.2 Å². The lowest BCUT2D eigenvalue weighted by atomic mass is 9.94. The first-order chi connectivity index (χ1) is 13.8. The van der Waals surface area contributed by atoms with Crippen molar-refractivity contribution >= 4 is 15.9 Å². The molecule has 1 amide bonds. The number of carbonyl (C=O) groups excluding carboxylic acids is 1. The molecule has 0 aliphatic heterocycles. The monoisotopic (exact) mass is 419 g/mol. The standard InChI is InChI=1S/C20H25N3O5S/c1-14-2-11-20(22-12-14)28-17-5-3-15(4-6-17)23-29(25,26)18-9-7-16(8-10-18)27-13-19(21)24/h2,7-12,15,17,23H,3-6,13H2,1H3,(H2,21,24). The number of carbonyl (C=O) groups is 1. The van der Waals surface area contributed by atoms with Crippen LogP contribution in [0, 0.1) is 6.92 Å². The van der Waals surface area contributed by atoms with Crippen LogP contribution in [0.4, 0.5) is 0 Å². The van der Waals surface area contributed by atoms with Crippen LogP contribution < -0.4 is 19.9 Å². The van der Waals surface area contributed by atoms with E-state index in [-0.39, 0.29) is 23.6 Å². The Kier molecular flexibility index (Phi) is 6.71. The first-order valence-corrected chi connectivity index (χ1v) is 10.9. The Hall–Kier alpha value is -2.65. The van der Waals surface area contributed by atoms with E-state index in [0.717, 1.165) is 18.4 Å². The van der Waals surface area contributed by atoms with Crippen LogP contribution in [0.25, 0.3) is 0 Å². The van der Waals surface area contributed by atoms with Crippen LogP contribution in [-0.2, 0) is 14.8 Å². The SMILES string of the molecule is Cc1ccc(OC2CCC(NS(=O)(=O)c3ccc(OCC(N)=O)cc3)CC2)nc1. The van der Waals surface area contributed by atoms with Crippen LogP contribution in [-0.4, -0.2) is 38.1 Å². The molecule has 0 saturated heterocycles. The molecule has 1 saturated carbocycles. The van der Waals surface area contributed by atoms with E-state index < -0.39 is 15.9 Å². The highest BCUT2D eigenvalue weighted by molar-refractivity contribution is 7.89. The van der Waals surface area contributed by atoms with Gasteiger partial charge in [0.25, 0.3) is 5.91 Å². The van der Waals surface area contributed by atoms with Crippen molar-refractivity contribution in [1.29, 1.82) is 0 Å². The van der Waals surface area contributed by atoms with Crippen LogP contribution in [0.15, 0.2) is 47.5 Å². The topological polar surface area (TPSA) is 121 Å². The van der Waals surface area contributed by atoms with Gasteiger partial charge in [-0.15, -0.1) is 0 Å². The molecule has 9 heteroatoms. The van der Waals surface area contributed by atoms with E-state index in [2.05, 4.69) is 9.71 Å². The van der Waals surface area contributed by atoms with Gasteiger partial charge in [-0.05, 0) is 62.4 Å². The number of nitrogens with two attached hydrogens (primary N) is 1. The number of amides is 1. The van der Waals surface area contributed by atoms with Crippen LogP contribution in [0.3, 0.4) is 0 Å². The Labute approximate surface area is 170 Å². The minimum atomic E-state index is -3.64. The third kappa shape index (κ3) is 6.16. The average molecular weight is 420 g/mol. The first kappa shape index (κ1) is 21.1. The number of rotatable bonds is 8. The zero-order valence-corrected chi connectivity index (χ0v) is 17.0. The lowest BCUT2D eigenvalue weighted by Crippen LogP contribution is -2.39. The fourth-order valence-electron chi connectivity index (χ4n) is 3.15. The molecule has 0 atom stereocenters. The van der Waals surface area contributed by atoms with Crippen LogP contribution in [0.5, 0.6) is 11.6 Å². The summed E-state index contributed by atoms with van der Waals surface area (Å²) in [5.74, 6) is 0.379. The Bertz CT molecular complexity index is 922. The minimum absolute atomic E-state index is 0.0349. The van der Waals surface area contributed by atoms with E-state index in [0.29, 0.717) is 24.5 Å². The van der Waals surface area contributed by atoms with Gasteiger partial charge in [0.1, 0.15) is 11.9 Å². The number of nitrogens with one attached hydrogen (secondary N) is 1. The molecule has 2 aromatic rings. The molecule has 3 rings (SSSR count). The number of hydrogen-bond donors (Lipinski definition) is 2. The van der Waals surface area contributed by atoms with Gasteiger partial charge in [0.15, 0.2) is 6.61 Å². The quantitative estimate of drug-likeness (QED) is 0.674. The van der Waals surface area contributed by atoms with Gasteiger partial charge in [0, 0.05) is 18.3 Å². The molecular formula is C20H25N3O5S. The molecule has 1 heterocycles. The van der Waals surface area contributed by atoms with Gasteiger partial charge in [-0.3, -0.25) is 4.79 Å². The summed E-state index contributed by atoms with van der Waals surface area (Å²) in [5.41, 5.74) is 6.09. The second-order valence-electron chi connectivity index (χ2n) is 7.11. The predicted molar refractivity (Wildman–Crippen MR) is 107 cm³/mol. The van der Waals surface area contributed by atoms with Gasteiger partial charge in [0.2, 0.25) is 15.9 Å². The Balaban J connectivity index is 1.51. The van der Waals surface area contributed by atoms with Gasteiger partial charge in [-0.25, -0.2) is 18.1 Å². The number of aryl methyl sites for hydroxylation is 1. The van der Waals surface area contributed by atoms with Gasteiger partial charge in [0.05, 0.1) is 4.90 Å². The van der Waals surface area contributed by atoms with Gasteiger partial charge in [-0.2, -0.15) is 0 Å². The van der Waals surface area contributed by atoms with Crippen molar-refractivity contribution in [2.24, 2.45) is 5.73 Å². The number of primary amides is 1. The number of benzene rings is 1. The zero-order valence-electron chi connectivity index (χ0n) is 16.2. The van der Waals surface area contributed by atoms with Crippen LogP contribution in [0.1, 0.15) is 31.2 Å². The summed E-state index contributed by atoms with van der Waals surface area (Å²) in [7, 11) is -3.64. The summed E-state index contributed by atoms with van der Waals surface area (Å²) in [6, 6.07) is 9.53. The van der Waals surface area contributed by atoms with E-state index in [1.807, 2.05) is 19.1 Å². The second-order valence-corrected chi connectivity index (χ2v) is 8.83. The Morgan fingerprint density at radius 2 is 1.83 bits per heavy atom. The summed E-state index contributed by atoms with van der Waals surface area (Å²) in [6.45, 7) is 1.71. The summed E-state index contributed by atoms with van der Waals surface area (Å²) in [6.07, 6.45) is 4.68. The van der Waals surface area contributed by atoms with Crippen LogP contribution >= 0.6 is 0 Å². The largest absolute Gasteiger partial charge is 0.484 e. The number of ether oxygens (including phenoxy) is 2. The highest BCUT2D eigenvalue weighted by Crippen LogP contribution is 2.25. The first-order valence-electron chi connectivity index (χ1n) is 9.44. The third-order valence-electron chi connectivity index (χ3n) is 4.68. The molecule has 0 spiro atoms. The Morgan fingerprint density at radius 3 is 2.41 bits per heavy atom. The van der Waals surface area contributed by atoms with Crippen molar-refractivity contribution < 1.29 is 22.7 Å². The summed E-state index contributed by atoms with van der Waals surface area (Å²) >= 11 is 0. The maximum Gasteiger partial charge on any atom is 0.255 e. The fourth-order valence-corrected chi connectivity index (χ4v) is 4.46. The molecule has 1 aromatic heterocycles. The van der Waals surface area contributed by atoms with Gasteiger partial charge >= 0.3 is 0 Å². The zero-order chi connectivity index (χ0) is 20.9. The molecule has 1 aliphatic carbocycles. The average Bonchev–Trinajstić information content (AvgIpc) is 2.70. The molecule has 29 heavy (non-hydrogen) atoms. The molecule has 1 aromatic carbocycles. The normalized spacial score (nSPS) is 19.5. The highest BCUT2D eigenvalue weighted by Gasteiger charge is 2.27. The van der Waals surface area contributed by atoms with E-state index in [4.69, 9.17) is 15.2 Å². The molecule has 0 radical (unpaired) electrons. The smallest absolute Gasteiger partial charge is 0.255 e. The molecule has 3 N–H and O–H groups in total. The molecular weight excluding hydrogens is 394 g/mol. The molecule has 0 bridgehead atoms. The van der Waals surface area contributed by atoms with Crippen molar-refractivity contribution in [2.45, 2.75) is 49.6 Å². The minimum Gasteiger partial charge on any atom is -0.484 e. The van der Waals surface area contributed by atoms with Crippen LogP contribution in [0.2, 0.25) is 0 Å². The Morgan fingerprint density at radius 1 is 1.14 bits per heavy atom. The highest BCUT2D eigenvalue weighted by atomic mass is 32.2. The van der Waals surface area contributed by atoms with E-state index >= 15 is 0 Å². The number of nitrogens with zero attached hydrogens (tertiary/aromatic N) is 1. The summed E-state index contributed by atoms with van der Waals surface area (Å²) in [5, 5.41) is 0.